The van der Waals surface area contributed by atoms with Gasteiger partial charge in [-0.2, -0.15) is 0 Å². The van der Waals surface area contributed by atoms with Gasteiger partial charge in [-0.25, -0.2) is 0 Å². The number of carbonyl (C=O) groups excluding carboxylic acids is 1. The number of thioether (sulfide) groups is 1. The summed E-state index contributed by atoms with van der Waals surface area (Å²) >= 11 is 1.85. The molecule has 0 aliphatic carbocycles. The number of nitrogens with zero attached hydrogens (tertiary/aromatic N) is 2. The fourth-order valence-electron chi connectivity index (χ4n) is 4.46. The van der Waals surface area contributed by atoms with Gasteiger partial charge in [0, 0.05) is 41.3 Å². The minimum absolute atomic E-state index is 0.179. The van der Waals surface area contributed by atoms with Gasteiger partial charge >= 0.3 is 0 Å². The van der Waals surface area contributed by atoms with Crippen LogP contribution in [0.5, 0.6) is 5.75 Å². The lowest BCUT2D eigenvalue weighted by Gasteiger charge is -2.39. The molecule has 148 valence electrons. The highest BCUT2D eigenvalue weighted by atomic mass is 32.2. The van der Waals surface area contributed by atoms with Crippen molar-refractivity contribution in [2.75, 3.05) is 0 Å². The lowest BCUT2D eigenvalue weighted by Crippen LogP contribution is -2.49. The molecule has 1 aromatic carbocycles. The molecule has 1 amide bonds. The van der Waals surface area contributed by atoms with Crippen LogP contribution in [0.25, 0.3) is 0 Å². The second kappa shape index (κ2) is 8.56. The van der Waals surface area contributed by atoms with Gasteiger partial charge in [0.25, 0.3) is 0 Å². The molecule has 2 fully saturated rings. The molecule has 0 radical (unpaired) electrons. The van der Waals surface area contributed by atoms with Crippen LogP contribution in [0.4, 0.5) is 0 Å². The van der Waals surface area contributed by atoms with Crippen molar-refractivity contribution < 1.29 is 9.53 Å². The van der Waals surface area contributed by atoms with E-state index in [0.717, 1.165) is 37.0 Å². The van der Waals surface area contributed by atoms with Crippen LogP contribution in [-0.2, 0) is 11.2 Å². The third-order valence-corrected chi connectivity index (χ3v) is 6.58. The first-order valence-corrected chi connectivity index (χ1v) is 11.1. The van der Waals surface area contributed by atoms with E-state index in [9.17, 15) is 4.79 Å². The first-order chi connectivity index (χ1) is 13.6. The Morgan fingerprint density at radius 3 is 2.50 bits per heavy atom. The molecule has 2 aliphatic rings. The summed E-state index contributed by atoms with van der Waals surface area (Å²) in [5.74, 6) is 1.09. The van der Waals surface area contributed by atoms with Crippen molar-refractivity contribution >= 4 is 17.7 Å². The third-order valence-electron chi connectivity index (χ3n) is 5.57. The molecule has 4 rings (SSSR count). The Hall–Kier alpha value is -2.01. The molecule has 0 N–H and O–H groups in total. The smallest absolute Gasteiger partial charge is 0.227 e. The largest absolute Gasteiger partial charge is 0.489 e. The maximum atomic E-state index is 13.0. The predicted molar refractivity (Wildman–Crippen MR) is 113 cm³/mol. The van der Waals surface area contributed by atoms with Crippen LogP contribution in [0.2, 0.25) is 0 Å². The summed E-state index contributed by atoms with van der Waals surface area (Å²) in [5, 5.41) is 0.568. The topological polar surface area (TPSA) is 42.4 Å². The zero-order valence-corrected chi connectivity index (χ0v) is 17.4. The fourth-order valence-corrected chi connectivity index (χ4v) is 5.30. The van der Waals surface area contributed by atoms with E-state index in [1.54, 1.807) is 12.4 Å². The van der Waals surface area contributed by atoms with Gasteiger partial charge in [0.2, 0.25) is 5.91 Å². The van der Waals surface area contributed by atoms with E-state index in [1.165, 1.54) is 4.90 Å². The Balaban J connectivity index is 1.35. The normalized spacial score (nSPS) is 23.8. The quantitative estimate of drug-likeness (QED) is 0.662. The predicted octanol–water partition coefficient (Wildman–Crippen LogP) is 4.73. The molecule has 0 spiro atoms. The Labute approximate surface area is 171 Å². The molecule has 28 heavy (non-hydrogen) atoms. The van der Waals surface area contributed by atoms with Gasteiger partial charge < -0.3 is 9.64 Å². The van der Waals surface area contributed by atoms with Crippen LogP contribution in [0, 0.1) is 0 Å². The van der Waals surface area contributed by atoms with Crippen LogP contribution in [-0.4, -0.2) is 39.2 Å². The van der Waals surface area contributed by atoms with Crippen molar-refractivity contribution in [1.29, 1.82) is 0 Å². The van der Waals surface area contributed by atoms with Crippen molar-refractivity contribution in [2.24, 2.45) is 0 Å². The van der Waals surface area contributed by atoms with Gasteiger partial charge in [-0.1, -0.05) is 26.0 Å². The SMILES string of the molecule is CC(C)Sc1ccc(CC(=O)N2C3CCC2CC(Oc2cccnc2)C3)cc1. The molecule has 4 nitrogen and oxygen atoms in total. The lowest BCUT2D eigenvalue weighted by atomic mass is 9.98. The Morgan fingerprint density at radius 1 is 1.18 bits per heavy atom. The van der Waals surface area contributed by atoms with E-state index in [1.807, 2.05) is 23.9 Å². The zero-order valence-electron chi connectivity index (χ0n) is 16.6. The standard InChI is InChI=1S/C23H28N2O2S/c1-16(2)28-22-9-5-17(6-10-22)12-23(26)25-18-7-8-19(25)14-21(13-18)27-20-4-3-11-24-15-20/h3-6,9-11,15-16,18-19,21H,7-8,12-14H2,1-2H3. The third kappa shape index (κ3) is 4.52. The summed E-state index contributed by atoms with van der Waals surface area (Å²) in [6.07, 6.45) is 8.21. The maximum Gasteiger partial charge on any atom is 0.227 e. The van der Waals surface area contributed by atoms with Crippen molar-refractivity contribution in [1.82, 2.24) is 9.88 Å². The first kappa shape index (κ1) is 19.3. The Kier molecular flexibility index (Phi) is 5.90. The molecule has 2 aromatic rings. The second-order valence-electron chi connectivity index (χ2n) is 8.07. The highest BCUT2D eigenvalue weighted by Crippen LogP contribution is 2.37. The summed E-state index contributed by atoms with van der Waals surface area (Å²) in [7, 11) is 0. The van der Waals surface area contributed by atoms with Gasteiger partial charge in [-0.15, -0.1) is 11.8 Å². The molecule has 2 saturated heterocycles. The number of carbonyl (C=O) groups is 1. The van der Waals surface area contributed by atoms with Crippen LogP contribution in [0.1, 0.15) is 45.1 Å². The van der Waals surface area contributed by atoms with Gasteiger partial charge in [0.15, 0.2) is 0 Å². The van der Waals surface area contributed by atoms with E-state index in [2.05, 4.69) is 48.0 Å². The zero-order chi connectivity index (χ0) is 19.5. The van der Waals surface area contributed by atoms with E-state index in [0.29, 0.717) is 23.8 Å². The van der Waals surface area contributed by atoms with E-state index in [4.69, 9.17) is 4.74 Å². The van der Waals surface area contributed by atoms with Crippen molar-refractivity contribution in [3.05, 3.63) is 54.4 Å². The molecule has 5 heteroatoms. The van der Waals surface area contributed by atoms with Gasteiger partial charge in [-0.3, -0.25) is 9.78 Å². The number of hydrogen-bond donors (Lipinski definition) is 0. The van der Waals surface area contributed by atoms with Gasteiger partial charge in [-0.05, 0) is 42.7 Å². The number of ether oxygens (including phenoxy) is 1. The monoisotopic (exact) mass is 396 g/mol. The summed E-state index contributed by atoms with van der Waals surface area (Å²) < 4.78 is 6.12. The molecule has 1 aromatic heterocycles. The van der Waals surface area contributed by atoms with E-state index >= 15 is 0 Å². The van der Waals surface area contributed by atoms with Gasteiger partial charge in [0.05, 0.1) is 12.6 Å². The Bertz CT molecular complexity index is 780. The summed E-state index contributed by atoms with van der Waals surface area (Å²) in [5.41, 5.74) is 1.10. The van der Waals surface area contributed by atoms with E-state index < -0.39 is 0 Å². The molecule has 0 saturated carbocycles. The number of aromatic nitrogens is 1. The molecule has 2 bridgehead atoms. The minimum atomic E-state index is 0.179. The summed E-state index contributed by atoms with van der Waals surface area (Å²) in [6, 6.07) is 12.9. The lowest BCUT2D eigenvalue weighted by molar-refractivity contribution is -0.136. The minimum Gasteiger partial charge on any atom is -0.489 e. The number of piperidine rings is 1. The molecular formula is C23H28N2O2S. The Morgan fingerprint density at radius 2 is 1.89 bits per heavy atom. The average Bonchev–Trinajstić information content (AvgIpc) is 2.95. The van der Waals surface area contributed by atoms with Crippen LogP contribution in [0.15, 0.2) is 53.7 Å². The molecule has 2 atom stereocenters. The second-order valence-corrected chi connectivity index (χ2v) is 9.72. The van der Waals surface area contributed by atoms with Crippen molar-refractivity contribution in [3.63, 3.8) is 0 Å². The molecule has 3 heterocycles. The average molecular weight is 397 g/mol. The maximum absolute atomic E-state index is 13.0. The van der Waals surface area contributed by atoms with E-state index in [-0.39, 0.29) is 12.0 Å². The van der Waals surface area contributed by atoms with Crippen LogP contribution >= 0.6 is 11.8 Å². The van der Waals surface area contributed by atoms with Crippen LogP contribution < -0.4 is 4.74 Å². The number of pyridine rings is 1. The van der Waals surface area contributed by atoms with Crippen LogP contribution in [0.3, 0.4) is 0 Å². The summed E-state index contributed by atoms with van der Waals surface area (Å²) in [6.45, 7) is 4.39. The number of benzene rings is 1. The highest BCUT2D eigenvalue weighted by Gasteiger charge is 2.43. The molecule has 2 unspecified atom stereocenters. The summed E-state index contributed by atoms with van der Waals surface area (Å²) in [4.78, 5) is 20.6. The number of rotatable bonds is 6. The van der Waals surface area contributed by atoms with Crippen molar-refractivity contribution in [3.8, 4) is 5.75 Å². The number of fused-ring (bicyclic) bond motifs is 2. The van der Waals surface area contributed by atoms with Gasteiger partial charge in [0.1, 0.15) is 11.9 Å². The van der Waals surface area contributed by atoms with Crippen molar-refractivity contribution in [2.45, 2.75) is 74.3 Å². The number of hydrogen-bond acceptors (Lipinski definition) is 4. The first-order valence-electron chi connectivity index (χ1n) is 10.2. The molecule has 2 aliphatic heterocycles. The molecular weight excluding hydrogens is 368 g/mol. The fraction of sp³-hybridized carbons (Fsp3) is 0.478. The highest BCUT2D eigenvalue weighted by molar-refractivity contribution is 7.99. The number of amides is 1.